The van der Waals surface area contributed by atoms with E-state index in [4.69, 9.17) is 4.74 Å². The Balaban J connectivity index is 1.67. The summed E-state index contributed by atoms with van der Waals surface area (Å²) in [7, 11) is 1.80. The molecular weight excluding hydrogens is 460 g/mol. The van der Waals surface area contributed by atoms with Crippen LogP contribution in [0.1, 0.15) is 0 Å². The van der Waals surface area contributed by atoms with Crippen LogP contribution in [0.25, 0.3) is 16.7 Å². The smallest absolute Gasteiger partial charge is 0.299 e. The summed E-state index contributed by atoms with van der Waals surface area (Å²) < 4.78 is 8.91. The first-order valence-electron chi connectivity index (χ1n) is 10.8. The van der Waals surface area contributed by atoms with Gasteiger partial charge in [-0.2, -0.15) is 10.1 Å². The van der Waals surface area contributed by atoms with E-state index in [1.807, 2.05) is 0 Å². The summed E-state index contributed by atoms with van der Waals surface area (Å²) in [4.78, 5) is 38.5. The van der Waals surface area contributed by atoms with Gasteiger partial charge < -0.3 is 15.4 Å². The first-order chi connectivity index (χ1) is 17.5. The number of benzene rings is 1. The van der Waals surface area contributed by atoms with Crippen molar-refractivity contribution in [2.75, 3.05) is 10.6 Å². The number of hydrogen-bond acceptors (Lipinski definition) is 8. The van der Waals surface area contributed by atoms with Crippen LogP contribution in [-0.4, -0.2) is 35.2 Å². The second kappa shape index (κ2) is 9.50. The fourth-order valence-electron chi connectivity index (χ4n) is 3.51. The first kappa shape index (κ1) is 22.5. The van der Waals surface area contributed by atoms with Gasteiger partial charge in [0.15, 0.2) is 11.4 Å². The predicted molar refractivity (Wildman–Crippen MR) is 135 cm³/mol. The van der Waals surface area contributed by atoms with Gasteiger partial charge in [-0.1, -0.05) is 12.6 Å². The molecule has 5 aromatic rings. The zero-order chi connectivity index (χ0) is 25.1. The maximum atomic E-state index is 13.7. The monoisotopic (exact) mass is 480 g/mol. The van der Waals surface area contributed by atoms with Gasteiger partial charge in [0.05, 0.1) is 23.8 Å². The van der Waals surface area contributed by atoms with Crippen molar-refractivity contribution in [3.05, 3.63) is 96.5 Å². The van der Waals surface area contributed by atoms with Crippen LogP contribution in [0.4, 0.5) is 17.3 Å². The lowest BCUT2D eigenvalue weighted by Gasteiger charge is -2.14. The van der Waals surface area contributed by atoms with Crippen LogP contribution in [0, 0.1) is 0 Å². The van der Waals surface area contributed by atoms with Crippen molar-refractivity contribution >= 4 is 34.3 Å². The number of nitrogens with zero attached hydrogens (tertiary/aromatic N) is 6. The van der Waals surface area contributed by atoms with Gasteiger partial charge in [-0.15, -0.1) is 0 Å². The topological polar surface area (TPSA) is 129 Å². The Morgan fingerprint density at radius 2 is 2.00 bits per heavy atom. The molecule has 2 N–H and O–H groups in total. The number of aryl methyl sites for hydroxylation is 1. The highest BCUT2D eigenvalue weighted by Gasteiger charge is 2.16. The molecule has 0 saturated heterocycles. The van der Waals surface area contributed by atoms with Crippen molar-refractivity contribution in [2.24, 2.45) is 7.05 Å². The lowest BCUT2D eigenvalue weighted by Crippen LogP contribution is -2.21. The zero-order valence-electron chi connectivity index (χ0n) is 19.1. The largest absolute Gasteiger partial charge is 0.450 e. The van der Waals surface area contributed by atoms with E-state index in [1.54, 1.807) is 79.0 Å². The van der Waals surface area contributed by atoms with Crippen molar-refractivity contribution in [2.45, 2.75) is 0 Å². The van der Waals surface area contributed by atoms with E-state index in [0.717, 1.165) is 0 Å². The van der Waals surface area contributed by atoms with Crippen LogP contribution < -0.4 is 20.9 Å². The van der Waals surface area contributed by atoms with Crippen LogP contribution in [0.5, 0.6) is 11.5 Å². The number of amides is 1. The zero-order valence-corrected chi connectivity index (χ0v) is 19.1. The molecule has 0 aliphatic rings. The maximum Gasteiger partial charge on any atom is 0.299 e. The fraction of sp³-hybridized carbons (Fsp3) is 0.0400. The minimum absolute atomic E-state index is 0.0626. The molecule has 0 aliphatic heterocycles. The molecule has 0 fully saturated rings. The number of fused-ring (bicyclic) bond motifs is 1. The number of aromatic nitrogens is 6. The molecule has 0 bridgehead atoms. The molecule has 1 aromatic carbocycles. The highest BCUT2D eigenvalue weighted by Crippen LogP contribution is 2.25. The van der Waals surface area contributed by atoms with Crippen molar-refractivity contribution in [1.29, 1.82) is 0 Å². The molecule has 0 radical (unpaired) electrons. The number of carbonyl (C=O) groups excluding carboxylic acids is 1. The maximum absolute atomic E-state index is 13.7. The fourth-order valence-corrected chi connectivity index (χ4v) is 3.51. The quantitative estimate of drug-likeness (QED) is 0.338. The second-order valence-corrected chi connectivity index (χ2v) is 7.68. The van der Waals surface area contributed by atoms with E-state index in [2.05, 4.69) is 37.3 Å². The van der Waals surface area contributed by atoms with Crippen LogP contribution in [-0.2, 0) is 11.8 Å². The van der Waals surface area contributed by atoms with Crippen LogP contribution >= 0.6 is 0 Å². The summed E-state index contributed by atoms with van der Waals surface area (Å²) in [6.45, 7) is 3.47. The summed E-state index contributed by atoms with van der Waals surface area (Å²) in [5, 5.41) is 10.5. The molecule has 178 valence electrons. The highest BCUT2D eigenvalue weighted by molar-refractivity contribution is 5.99. The number of rotatable bonds is 7. The Bertz CT molecular complexity index is 1640. The summed E-state index contributed by atoms with van der Waals surface area (Å²) in [6, 6.07) is 11.8. The predicted octanol–water partition coefficient (Wildman–Crippen LogP) is 3.57. The van der Waals surface area contributed by atoms with E-state index in [9.17, 15) is 9.59 Å². The summed E-state index contributed by atoms with van der Waals surface area (Å²) in [5.41, 5.74) is 1.53. The number of pyridine rings is 2. The highest BCUT2D eigenvalue weighted by atomic mass is 16.5. The minimum atomic E-state index is -0.454. The van der Waals surface area contributed by atoms with Crippen molar-refractivity contribution in [3.8, 4) is 17.2 Å². The molecule has 0 aliphatic carbocycles. The van der Waals surface area contributed by atoms with Gasteiger partial charge in [-0.05, 0) is 42.5 Å². The Kier molecular flexibility index (Phi) is 5.93. The molecule has 4 heterocycles. The van der Waals surface area contributed by atoms with Crippen molar-refractivity contribution in [3.63, 3.8) is 0 Å². The Hall–Kier alpha value is -5.32. The molecule has 36 heavy (non-hydrogen) atoms. The third kappa shape index (κ3) is 4.66. The van der Waals surface area contributed by atoms with E-state index in [1.165, 1.54) is 16.8 Å². The normalized spacial score (nSPS) is 10.7. The van der Waals surface area contributed by atoms with Crippen LogP contribution in [0.15, 0.2) is 90.9 Å². The standard InChI is InChI=1S/C25H20N8O3/c1-3-22(34)29-17-6-4-7-19(11-17)33-23-16(10-21(24(33)35)36-20-8-5-9-26-14-20)12-27-25(31-23)30-18-13-28-32(2)15-18/h3-15H,1H2,2H3,(H,29,34)(H,27,30,31). The third-order valence-corrected chi connectivity index (χ3v) is 5.09. The van der Waals surface area contributed by atoms with Gasteiger partial charge in [0.25, 0.3) is 5.56 Å². The Morgan fingerprint density at radius 1 is 1.11 bits per heavy atom. The van der Waals surface area contributed by atoms with Gasteiger partial charge in [-0.3, -0.25) is 23.8 Å². The average molecular weight is 480 g/mol. The van der Waals surface area contributed by atoms with Gasteiger partial charge >= 0.3 is 0 Å². The number of nitrogens with one attached hydrogen (secondary N) is 2. The number of anilines is 3. The van der Waals surface area contributed by atoms with Gasteiger partial charge in [0, 0.05) is 36.7 Å². The molecule has 11 nitrogen and oxygen atoms in total. The molecule has 1 amide bonds. The Morgan fingerprint density at radius 3 is 2.75 bits per heavy atom. The number of carbonyl (C=O) groups is 1. The lowest BCUT2D eigenvalue weighted by atomic mass is 10.2. The van der Waals surface area contributed by atoms with Crippen LogP contribution in [0.3, 0.4) is 0 Å². The molecule has 5 rings (SSSR count). The van der Waals surface area contributed by atoms with Gasteiger partial charge in [0.2, 0.25) is 11.9 Å². The van der Waals surface area contributed by atoms with E-state index < -0.39 is 5.56 Å². The minimum Gasteiger partial charge on any atom is -0.450 e. The summed E-state index contributed by atoms with van der Waals surface area (Å²) in [5.74, 6) is 0.375. The SMILES string of the molecule is C=CC(=O)Nc1cccc(-n2c(=O)c(Oc3cccnc3)cc3cnc(Nc4cnn(C)c4)nc32)c1. The first-order valence-corrected chi connectivity index (χ1v) is 10.8. The average Bonchev–Trinajstić information content (AvgIpc) is 3.29. The third-order valence-electron chi connectivity index (χ3n) is 5.09. The molecule has 4 aromatic heterocycles. The van der Waals surface area contributed by atoms with Crippen molar-refractivity contribution < 1.29 is 9.53 Å². The van der Waals surface area contributed by atoms with E-state index in [0.29, 0.717) is 33.8 Å². The van der Waals surface area contributed by atoms with Gasteiger partial charge in [0.1, 0.15) is 5.75 Å². The Labute approximate surface area is 204 Å². The van der Waals surface area contributed by atoms with Crippen LogP contribution in [0.2, 0.25) is 0 Å². The number of hydrogen-bond donors (Lipinski definition) is 2. The molecule has 0 spiro atoms. The molecule has 0 atom stereocenters. The molecule has 11 heteroatoms. The molecule has 0 unspecified atom stereocenters. The summed E-state index contributed by atoms with van der Waals surface area (Å²) in [6.07, 6.45) is 9.29. The lowest BCUT2D eigenvalue weighted by molar-refractivity contribution is -0.111. The summed E-state index contributed by atoms with van der Waals surface area (Å²) >= 11 is 0. The van der Waals surface area contributed by atoms with E-state index in [-0.39, 0.29) is 17.6 Å². The second-order valence-electron chi connectivity index (χ2n) is 7.68. The number of ether oxygens (including phenoxy) is 1. The molecule has 0 saturated carbocycles. The van der Waals surface area contributed by atoms with Crippen molar-refractivity contribution in [1.82, 2.24) is 29.3 Å². The van der Waals surface area contributed by atoms with Gasteiger partial charge in [-0.25, -0.2) is 4.98 Å². The molecular formula is C25H20N8O3. The van der Waals surface area contributed by atoms with E-state index >= 15 is 0 Å².